The minimum absolute atomic E-state index is 1.38. The van der Waals surface area contributed by atoms with Crippen molar-refractivity contribution in [2.24, 2.45) is 5.14 Å². The standard InChI is InChI=1S/C5H10.H3NO2S/c1-4-5(2)3;1-4(2)3/h4H,1-3H3;4H,(H2,1,2,3). The fraction of sp³-hybridized carbons (Fsp3) is 0.600. The molecule has 3 nitrogen and oxygen atoms in total. The number of thiol groups is 1. The van der Waals surface area contributed by atoms with Crippen LogP contribution < -0.4 is 5.14 Å². The maximum Gasteiger partial charge on any atom is 0.198 e. The molecule has 0 saturated carbocycles. The molecular formula is C5H13NO2S. The quantitative estimate of drug-likeness (QED) is 0.390. The van der Waals surface area contributed by atoms with Crippen molar-refractivity contribution in [2.45, 2.75) is 20.8 Å². The highest BCUT2D eigenvalue weighted by Crippen LogP contribution is 1.82. The maximum absolute atomic E-state index is 8.81. The molecular weight excluding hydrogens is 138 g/mol. The van der Waals surface area contributed by atoms with E-state index in [0.29, 0.717) is 0 Å². The Morgan fingerprint density at radius 2 is 1.56 bits per heavy atom. The molecule has 2 N–H and O–H groups in total. The van der Waals surface area contributed by atoms with Crippen molar-refractivity contribution in [1.82, 2.24) is 0 Å². The summed E-state index contributed by atoms with van der Waals surface area (Å²) in [6.45, 7) is 6.20. The molecule has 9 heavy (non-hydrogen) atoms. The van der Waals surface area contributed by atoms with E-state index in [-0.39, 0.29) is 0 Å². The molecule has 0 spiro atoms. The zero-order valence-electron chi connectivity index (χ0n) is 5.92. The zero-order valence-corrected chi connectivity index (χ0v) is 6.81. The van der Waals surface area contributed by atoms with Crippen LogP contribution in [0.4, 0.5) is 0 Å². The van der Waals surface area contributed by atoms with Crippen molar-refractivity contribution >= 4 is 10.9 Å². The highest BCUT2D eigenvalue weighted by Gasteiger charge is 1.60. The van der Waals surface area contributed by atoms with E-state index in [1.807, 2.05) is 6.92 Å². The molecule has 0 aromatic carbocycles. The molecule has 0 aliphatic rings. The molecule has 0 bridgehead atoms. The molecule has 4 heteroatoms. The van der Waals surface area contributed by atoms with E-state index in [2.05, 4.69) is 25.1 Å². The average molecular weight is 151 g/mol. The van der Waals surface area contributed by atoms with E-state index in [1.165, 1.54) is 5.57 Å². The highest BCUT2D eigenvalue weighted by atomic mass is 32.2. The van der Waals surface area contributed by atoms with Crippen molar-refractivity contribution in [2.75, 3.05) is 0 Å². The number of allylic oxidation sites excluding steroid dienone is 2. The smallest absolute Gasteiger partial charge is 0.198 e. The minimum atomic E-state index is -2.62. The molecule has 0 rings (SSSR count). The van der Waals surface area contributed by atoms with Crippen LogP contribution in [0.15, 0.2) is 11.6 Å². The van der Waals surface area contributed by atoms with Gasteiger partial charge in [-0.25, -0.2) is 13.6 Å². The summed E-state index contributed by atoms with van der Waals surface area (Å²) < 4.78 is 17.6. The number of nitrogens with two attached hydrogens (primary N) is 1. The summed E-state index contributed by atoms with van der Waals surface area (Å²) >= 11 is 0. The zero-order chi connectivity index (χ0) is 7.86. The Bertz CT molecular complexity index is 137. The molecule has 0 radical (unpaired) electrons. The van der Waals surface area contributed by atoms with Crippen molar-refractivity contribution < 1.29 is 8.42 Å². The largest absolute Gasteiger partial charge is 0.231 e. The predicted molar refractivity (Wildman–Crippen MR) is 39.6 cm³/mol. The Balaban J connectivity index is 0. The van der Waals surface area contributed by atoms with Gasteiger partial charge in [-0.1, -0.05) is 11.6 Å². The van der Waals surface area contributed by atoms with Gasteiger partial charge in [-0.2, -0.15) is 0 Å². The summed E-state index contributed by atoms with van der Waals surface area (Å²) in [6, 6.07) is 0. The fourth-order valence-electron chi connectivity index (χ4n) is 0. The van der Waals surface area contributed by atoms with Gasteiger partial charge in [0.05, 0.1) is 0 Å². The van der Waals surface area contributed by atoms with Gasteiger partial charge in [0.2, 0.25) is 0 Å². The van der Waals surface area contributed by atoms with Crippen LogP contribution in [0, 0.1) is 0 Å². The van der Waals surface area contributed by atoms with E-state index < -0.39 is 10.9 Å². The van der Waals surface area contributed by atoms with E-state index in [0.717, 1.165) is 0 Å². The van der Waals surface area contributed by atoms with Crippen LogP contribution in [-0.4, -0.2) is 8.42 Å². The molecule has 56 valence electrons. The van der Waals surface area contributed by atoms with Gasteiger partial charge < -0.3 is 0 Å². The van der Waals surface area contributed by atoms with Gasteiger partial charge in [0, 0.05) is 0 Å². The second kappa shape index (κ2) is 7.65. The van der Waals surface area contributed by atoms with E-state index in [4.69, 9.17) is 8.42 Å². The van der Waals surface area contributed by atoms with Crippen LogP contribution in [0.1, 0.15) is 20.8 Å². The van der Waals surface area contributed by atoms with Gasteiger partial charge in [0.25, 0.3) is 0 Å². The van der Waals surface area contributed by atoms with Crippen molar-refractivity contribution in [3.05, 3.63) is 11.6 Å². The Morgan fingerprint density at radius 3 is 1.56 bits per heavy atom. The number of hydrogen-bond donors (Lipinski definition) is 2. The monoisotopic (exact) mass is 151 g/mol. The maximum atomic E-state index is 8.81. The molecule has 0 fully saturated rings. The fourth-order valence-corrected chi connectivity index (χ4v) is 0. The Morgan fingerprint density at radius 1 is 1.44 bits per heavy atom. The summed E-state index contributed by atoms with van der Waals surface area (Å²) in [4.78, 5) is 0. The first kappa shape index (κ1) is 11.4. The van der Waals surface area contributed by atoms with Gasteiger partial charge in [-0.15, -0.1) is 0 Å². The molecule has 0 aromatic rings. The summed E-state index contributed by atoms with van der Waals surface area (Å²) in [5, 5.41) is 4.06. The highest BCUT2D eigenvalue weighted by molar-refractivity contribution is 7.69. The van der Waals surface area contributed by atoms with Gasteiger partial charge in [-0.3, -0.25) is 0 Å². The molecule has 0 aliphatic carbocycles. The van der Waals surface area contributed by atoms with Crippen LogP contribution in [0.5, 0.6) is 0 Å². The average Bonchev–Trinajstić information content (AvgIpc) is 1.65. The minimum Gasteiger partial charge on any atom is -0.231 e. The molecule has 0 heterocycles. The van der Waals surface area contributed by atoms with Crippen LogP contribution >= 0.6 is 0 Å². The van der Waals surface area contributed by atoms with Crippen LogP contribution in [0.3, 0.4) is 0 Å². The van der Waals surface area contributed by atoms with E-state index >= 15 is 0 Å². The number of hydrogen-bond acceptors (Lipinski definition) is 2. The first-order chi connectivity index (χ1) is 4.00. The van der Waals surface area contributed by atoms with Crippen molar-refractivity contribution in [1.29, 1.82) is 0 Å². The lowest BCUT2D eigenvalue weighted by Crippen LogP contribution is -1.85. The summed E-state index contributed by atoms with van der Waals surface area (Å²) in [5.74, 6) is 0. The second-order valence-corrected chi connectivity index (χ2v) is 2.22. The topological polar surface area (TPSA) is 60.2 Å². The third-order valence-electron chi connectivity index (χ3n) is 0.577. The summed E-state index contributed by atoms with van der Waals surface area (Å²) in [6.07, 6.45) is 2.08. The summed E-state index contributed by atoms with van der Waals surface area (Å²) in [7, 11) is -2.62. The molecule has 0 saturated heterocycles. The first-order valence-corrected chi connectivity index (χ1v) is 3.74. The van der Waals surface area contributed by atoms with Gasteiger partial charge in [0.1, 0.15) is 0 Å². The van der Waals surface area contributed by atoms with E-state index in [9.17, 15) is 0 Å². The molecule has 0 atom stereocenters. The second-order valence-electron chi connectivity index (χ2n) is 1.65. The Labute approximate surface area is 57.6 Å². The first-order valence-electron chi connectivity index (χ1n) is 2.49. The van der Waals surface area contributed by atoms with Gasteiger partial charge in [0.15, 0.2) is 10.9 Å². The lowest BCUT2D eigenvalue weighted by molar-refractivity contribution is 0.616. The lowest BCUT2D eigenvalue weighted by Gasteiger charge is -1.74. The van der Waals surface area contributed by atoms with Gasteiger partial charge >= 0.3 is 0 Å². The molecule has 0 aromatic heterocycles. The predicted octanol–water partition coefficient (Wildman–Crippen LogP) is 0.444. The molecule has 0 aliphatic heterocycles. The van der Waals surface area contributed by atoms with Crippen LogP contribution in [-0.2, 0) is 10.9 Å². The van der Waals surface area contributed by atoms with Crippen LogP contribution in [0.25, 0.3) is 0 Å². The molecule has 0 unspecified atom stereocenters. The van der Waals surface area contributed by atoms with E-state index in [1.54, 1.807) is 0 Å². The summed E-state index contributed by atoms with van der Waals surface area (Å²) in [5.41, 5.74) is 1.38. The normalized spacial score (nSPS) is 7.67. The van der Waals surface area contributed by atoms with Crippen molar-refractivity contribution in [3.8, 4) is 0 Å². The Hall–Kier alpha value is -0.350. The molecule has 0 amide bonds. The van der Waals surface area contributed by atoms with Crippen molar-refractivity contribution in [3.63, 3.8) is 0 Å². The van der Waals surface area contributed by atoms with Crippen LogP contribution in [0.2, 0.25) is 0 Å². The third-order valence-corrected chi connectivity index (χ3v) is 0.577. The van der Waals surface area contributed by atoms with Gasteiger partial charge in [-0.05, 0) is 20.8 Å². The SMILES string of the molecule is CC=C(C)C.N[SH](=O)=O. The Kier molecular flexibility index (Phi) is 9.73. The third kappa shape index (κ3) is 89.7. The number of rotatable bonds is 0. The lowest BCUT2D eigenvalue weighted by atomic mass is 10.3.